The largest absolute Gasteiger partial charge is 0.490 e. The number of carbonyl (C=O) groups excluding carboxylic acids is 1. The van der Waals surface area contributed by atoms with Crippen LogP contribution in [0, 0.1) is 5.82 Å². The second-order valence-electron chi connectivity index (χ2n) is 9.35. The maximum atomic E-state index is 14.1. The molecule has 3 N–H and O–H groups in total. The number of fused-ring (bicyclic) bond motifs is 1. The molecule has 0 aliphatic rings. The van der Waals surface area contributed by atoms with Crippen molar-refractivity contribution in [1.82, 2.24) is 4.98 Å². The molecule has 1 heterocycles. The molecule has 208 valence electrons. The van der Waals surface area contributed by atoms with Gasteiger partial charge in [0.2, 0.25) is 0 Å². The van der Waals surface area contributed by atoms with Gasteiger partial charge in [-0.05, 0) is 73.9 Å². The van der Waals surface area contributed by atoms with E-state index in [0.717, 1.165) is 72.2 Å². The number of amides is 1. The van der Waals surface area contributed by atoms with Gasteiger partial charge in [0.1, 0.15) is 11.6 Å². The molecule has 0 spiro atoms. The fourth-order valence-corrected chi connectivity index (χ4v) is 4.54. The molecule has 0 saturated heterocycles. The van der Waals surface area contributed by atoms with Crippen LogP contribution in [-0.4, -0.2) is 17.0 Å². The van der Waals surface area contributed by atoms with E-state index >= 15 is 0 Å². The number of H-pyrrole nitrogens is 1. The van der Waals surface area contributed by atoms with Crippen LogP contribution in [0.2, 0.25) is 0 Å². The minimum Gasteiger partial charge on any atom is -0.490 e. The van der Waals surface area contributed by atoms with Crippen LogP contribution < -0.4 is 15.4 Å². The third-order valence-electron chi connectivity index (χ3n) is 6.53. The summed E-state index contributed by atoms with van der Waals surface area (Å²) < 4.78 is 20.2. The van der Waals surface area contributed by atoms with E-state index in [-0.39, 0.29) is 17.8 Å². The number of hydrogen-bond donors (Lipinski definition) is 3. The van der Waals surface area contributed by atoms with Crippen LogP contribution >= 0.6 is 0 Å². The van der Waals surface area contributed by atoms with Gasteiger partial charge in [-0.15, -0.1) is 0 Å². The molecule has 1 amide bonds. The first kappa shape index (κ1) is 29.8. The lowest BCUT2D eigenvalue weighted by atomic mass is 10.1. The van der Waals surface area contributed by atoms with Crippen molar-refractivity contribution in [3.8, 4) is 5.75 Å². The third kappa shape index (κ3) is 7.85. The van der Waals surface area contributed by atoms with E-state index in [1.54, 1.807) is 18.2 Å². The zero-order valence-corrected chi connectivity index (χ0v) is 23.9. The molecule has 6 heteroatoms. The molecule has 4 aromatic rings. The van der Waals surface area contributed by atoms with Crippen molar-refractivity contribution in [2.24, 2.45) is 0 Å². The fourth-order valence-electron chi connectivity index (χ4n) is 4.54. The molecule has 0 bridgehead atoms. The number of unbranched alkanes of at least 4 members (excludes halogenated alkanes) is 1. The molecule has 0 aliphatic carbocycles. The van der Waals surface area contributed by atoms with Crippen LogP contribution in [0.3, 0.4) is 0 Å². The fraction of sp³-hybridized carbons (Fsp3) is 0.364. The zero-order chi connectivity index (χ0) is 28.2. The number of benzene rings is 3. The van der Waals surface area contributed by atoms with Gasteiger partial charge in [0.15, 0.2) is 0 Å². The van der Waals surface area contributed by atoms with Crippen LogP contribution in [0.5, 0.6) is 5.75 Å². The number of hydrogen-bond acceptors (Lipinski definition) is 3. The van der Waals surface area contributed by atoms with Crippen molar-refractivity contribution >= 4 is 33.9 Å². The van der Waals surface area contributed by atoms with Crippen LogP contribution in [0.15, 0.2) is 66.7 Å². The van der Waals surface area contributed by atoms with Crippen LogP contribution in [-0.2, 0) is 6.42 Å². The maximum absolute atomic E-state index is 14.1. The van der Waals surface area contributed by atoms with Crippen LogP contribution in [0.25, 0.3) is 10.9 Å². The highest BCUT2D eigenvalue weighted by atomic mass is 19.1. The molecule has 0 fully saturated rings. The number of aromatic amines is 1. The average Bonchev–Trinajstić information content (AvgIpc) is 3.31. The highest BCUT2D eigenvalue weighted by Gasteiger charge is 2.16. The molecule has 0 aliphatic heterocycles. The SMILES string of the molecule is CC.CCCCC(CCC)Oc1ccc(C(=O)Nc2c(CC)[nH]c3cc(Nc4ccccc4F)ccc23)cc1. The number of para-hydroxylation sites is 1. The summed E-state index contributed by atoms with van der Waals surface area (Å²) in [5.41, 5.74) is 4.31. The first-order valence-corrected chi connectivity index (χ1v) is 14.3. The predicted octanol–water partition coefficient (Wildman–Crippen LogP) is 9.63. The quantitative estimate of drug-likeness (QED) is 0.170. The Balaban J connectivity index is 0.00000205. The van der Waals surface area contributed by atoms with Gasteiger partial charge in [-0.1, -0.05) is 66.0 Å². The molecule has 0 saturated carbocycles. The number of aryl methyl sites for hydroxylation is 1. The van der Waals surface area contributed by atoms with Crippen molar-refractivity contribution in [1.29, 1.82) is 0 Å². The number of halogens is 1. The summed E-state index contributed by atoms with van der Waals surface area (Å²) in [6.45, 7) is 10.4. The molecular formula is C33H42FN3O2. The number of ether oxygens (including phenoxy) is 1. The summed E-state index contributed by atoms with van der Waals surface area (Å²) in [7, 11) is 0. The molecule has 5 nitrogen and oxygen atoms in total. The smallest absolute Gasteiger partial charge is 0.255 e. The van der Waals surface area contributed by atoms with Crippen molar-refractivity contribution in [3.63, 3.8) is 0 Å². The van der Waals surface area contributed by atoms with E-state index in [2.05, 4.69) is 29.5 Å². The molecule has 39 heavy (non-hydrogen) atoms. The Morgan fingerprint density at radius 3 is 2.36 bits per heavy atom. The second-order valence-corrected chi connectivity index (χ2v) is 9.35. The van der Waals surface area contributed by atoms with E-state index in [9.17, 15) is 9.18 Å². The Labute approximate surface area is 232 Å². The molecule has 1 aromatic heterocycles. The Bertz CT molecular complexity index is 1330. The summed E-state index contributed by atoms with van der Waals surface area (Å²) in [6, 6.07) is 19.7. The third-order valence-corrected chi connectivity index (χ3v) is 6.53. The van der Waals surface area contributed by atoms with Crippen LogP contribution in [0.4, 0.5) is 21.5 Å². The molecule has 1 atom stereocenters. The number of rotatable bonds is 12. The highest BCUT2D eigenvalue weighted by molar-refractivity contribution is 6.10. The Morgan fingerprint density at radius 1 is 0.949 bits per heavy atom. The van der Waals surface area contributed by atoms with E-state index in [1.807, 2.05) is 63.2 Å². The number of nitrogens with one attached hydrogen (secondary N) is 3. The topological polar surface area (TPSA) is 66.1 Å². The Morgan fingerprint density at radius 2 is 1.69 bits per heavy atom. The minimum atomic E-state index is -0.311. The van der Waals surface area contributed by atoms with Gasteiger partial charge in [0.25, 0.3) is 5.91 Å². The van der Waals surface area contributed by atoms with E-state index < -0.39 is 0 Å². The monoisotopic (exact) mass is 531 g/mol. The molecule has 1 unspecified atom stereocenters. The van der Waals surface area contributed by atoms with Gasteiger partial charge in [0.05, 0.1) is 17.5 Å². The molecular weight excluding hydrogens is 489 g/mol. The summed E-state index contributed by atoms with van der Waals surface area (Å²) >= 11 is 0. The van der Waals surface area contributed by atoms with Gasteiger partial charge >= 0.3 is 0 Å². The van der Waals surface area contributed by atoms with Gasteiger partial charge in [0, 0.05) is 27.8 Å². The highest BCUT2D eigenvalue weighted by Crippen LogP contribution is 2.32. The summed E-state index contributed by atoms with van der Waals surface area (Å²) in [5.74, 6) is 0.309. The van der Waals surface area contributed by atoms with Crippen molar-refractivity contribution in [2.45, 2.75) is 79.2 Å². The van der Waals surface area contributed by atoms with Gasteiger partial charge in [-0.3, -0.25) is 4.79 Å². The number of aromatic nitrogens is 1. The summed E-state index contributed by atoms with van der Waals surface area (Å²) in [4.78, 5) is 16.5. The molecule has 4 rings (SSSR count). The number of anilines is 3. The van der Waals surface area contributed by atoms with Gasteiger partial charge < -0.3 is 20.4 Å². The number of carbonyl (C=O) groups is 1. The van der Waals surface area contributed by atoms with Crippen molar-refractivity contribution in [3.05, 3.63) is 83.8 Å². The molecule has 3 aromatic carbocycles. The van der Waals surface area contributed by atoms with Gasteiger partial charge in [-0.2, -0.15) is 0 Å². The first-order valence-electron chi connectivity index (χ1n) is 14.3. The second kappa shape index (κ2) is 15.0. The predicted molar refractivity (Wildman–Crippen MR) is 162 cm³/mol. The van der Waals surface area contributed by atoms with Crippen LogP contribution in [0.1, 0.15) is 82.8 Å². The van der Waals surface area contributed by atoms with Crippen molar-refractivity contribution < 1.29 is 13.9 Å². The Kier molecular flexibility index (Phi) is 11.4. The lowest BCUT2D eigenvalue weighted by molar-refractivity contribution is 0.102. The van der Waals surface area contributed by atoms with Crippen molar-refractivity contribution in [2.75, 3.05) is 10.6 Å². The average molecular weight is 532 g/mol. The zero-order valence-electron chi connectivity index (χ0n) is 23.9. The lowest BCUT2D eigenvalue weighted by Crippen LogP contribution is -2.16. The summed E-state index contributed by atoms with van der Waals surface area (Å²) in [5, 5.41) is 7.12. The summed E-state index contributed by atoms with van der Waals surface area (Å²) in [6.07, 6.45) is 6.39. The first-order chi connectivity index (χ1) is 19.0. The Hall–Kier alpha value is -3.80. The van der Waals surface area contributed by atoms with Gasteiger partial charge in [-0.25, -0.2) is 4.39 Å². The van der Waals surface area contributed by atoms with E-state index in [0.29, 0.717) is 11.3 Å². The standard InChI is InChI=1S/C31H36FN3O2.C2H6/c1-4-7-11-23(10-5-2)37-24-17-14-21(15-18-24)31(36)35-30-25-19-16-22(20-29(25)34-27(30)6-3)33-28-13-9-8-12-26(28)32;1-2/h8-9,12-20,23,33-34H,4-7,10-11H2,1-3H3,(H,35,36);1-2H3. The lowest BCUT2D eigenvalue weighted by Gasteiger charge is -2.18. The maximum Gasteiger partial charge on any atom is 0.255 e. The normalized spacial score (nSPS) is 11.4. The van der Waals surface area contributed by atoms with E-state index in [1.165, 1.54) is 6.07 Å². The minimum absolute atomic E-state index is 0.174. The molecule has 0 radical (unpaired) electrons. The van der Waals surface area contributed by atoms with E-state index in [4.69, 9.17) is 4.74 Å².